The number of carbonyl (C=O) groups is 2. The third kappa shape index (κ3) is 4.41. The van der Waals surface area contributed by atoms with E-state index in [0.29, 0.717) is 17.0 Å². The number of carboxylic acid groups (broad SMARTS) is 1. The Morgan fingerprint density at radius 3 is 2.88 bits per heavy atom. The number of aromatic carboxylic acids is 1. The van der Waals surface area contributed by atoms with Gasteiger partial charge in [0.2, 0.25) is 0 Å². The first-order valence-electron chi connectivity index (χ1n) is 8.65. The SMILES string of the molecule is Cc1coc(Cn2cc(COC(=O)NC3CCCCC3)nn2)c1C(=O)O. The summed E-state index contributed by atoms with van der Waals surface area (Å²) in [6.07, 6.45) is 7.98. The lowest BCUT2D eigenvalue weighted by molar-refractivity contribution is 0.0693. The first-order chi connectivity index (χ1) is 12.5. The second-order valence-electron chi connectivity index (χ2n) is 6.48. The normalized spacial score (nSPS) is 15.0. The van der Waals surface area contributed by atoms with Gasteiger partial charge in [-0.05, 0) is 19.8 Å². The summed E-state index contributed by atoms with van der Waals surface area (Å²) >= 11 is 0. The van der Waals surface area contributed by atoms with Crippen LogP contribution in [0.25, 0.3) is 0 Å². The van der Waals surface area contributed by atoms with E-state index >= 15 is 0 Å². The highest BCUT2D eigenvalue weighted by Gasteiger charge is 2.19. The van der Waals surface area contributed by atoms with Crippen LogP contribution in [0.3, 0.4) is 0 Å². The Kier molecular flexibility index (Phi) is 5.55. The molecular formula is C17H22N4O5. The van der Waals surface area contributed by atoms with Crippen molar-refractivity contribution in [3.8, 4) is 0 Å². The number of hydrogen-bond donors (Lipinski definition) is 2. The predicted octanol–water partition coefficient (Wildman–Crippen LogP) is 2.48. The standard InChI is InChI=1S/C17H22N4O5/c1-11-9-25-14(15(11)16(22)23)8-21-7-13(19-20-21)10-26-17(24)18-12-5-3-2-4-6-12/h7,9,12H,2-6,8,10H2,1H3,(H,18,24)(H,22,23). The molecule has 0 aromatic carbocycles. The van der Waals surface area contributed by atoms with Crippen LogP contribution in [0.4, 0.5) is 4.79 Å². The molecule has 2 heterocycles. The average molecular weight is 362 g/mol. The van der Waals surface area contributed by atoms with Crippen LogP contribution in [0, 0.1) is 6.92 Å². The third-order valence-electron chi connectivity index (χ3n) is 4.43. The fourth-order valence-corrected chi connectivity index (χ4v) is 3.13. The van der Waals surface area contributed by atoms with E-state index in [2.05, 4.69) is 15.6 Å². The zero-order valence-electron chi connectivity index (χ0n) is 14.6. The molecule has 1 fully saturated rings. The van der Waals surface area contributed by atoms with Gasteiger partial charge >= 0.3 is 12.1 Å². The molecule has 0 atom stereocenters. The smallest absolute Gasteiger partial charge is 0.407 e. The number of furan rings is 1. The number of alkyl carbamates (subject to hydrolysis) is 1. The van der Waals surface area contributed by atoms with Crippen LogP contribution < -0.4 is 5.32 Å². The summed E-state index contributed by atoms with van der Waals surface area (Å²) in [6.45, 7) is 1.81. The molecule has 2 N–H and O–H groups in total. The molecule has 0 bridgehead atoms. The summed E-state index contributed by atoms with van der Waals surface area (Å²) in [4.78, 5) is 23.1. The summed E-state index contributed by atoms with van der Waals surface area (Å²) in [5, 5.41) is 19.9. The summed E-state index contributed by atoms with van der Waals surface area (Å²) in [5.74, 6) is -0.753. The van der Waals surface area contributed by atoms with Gasteiger partial charge in [0.1, 0.15) is 30.2 Å². The molecule has 2 aromatic heterocycles. The van der Waals surface area contributed by atoms with E-state index in [4.69, 9.17) is 9.15 Å². The predicted molar refractivity (Wildman–Crippen MR) is 89.7 cm³/mol. The summed E-state index contributed by atoms with van der Waals surface area (Å²) in [6, 6.07) is 0.184. The second kappa shape index (κ2) is 8.03. The largest absolute Gasteiger partial charge is 0.478 e. The quantitative estimate of drug-likeness (QED) is 0.810. The Balaban J connectivity index is 1.52. The lowest BCUT2D eigenvalue weighted by atomic mass is 9.96. The van der Waals surface area contributed by atoms with Crippen molar-refractivity contribution in [2.24, 2.45) is 0 Å². The molecule has 0 spiro atoms. The summed E-state index contributed by atoms with van der Waals surface area (Å²) in [7, 11) is 0. The van der Waals surface area contributed by atoms with Crippen LogP contribution in [0.5, 0.6) is 0 Å². The topological polar surface area (TPSA) is 119 Å². The Bertz CT molecular complexity index is 776. The first-order valence-corrected chi connectivity index (χ1v) is 8.65. The highest BCUT2D eigenvalue weighted by molar-refractivity contribution is 5.90. The van der Waals surface area contributed by atoms with Crippen LogP contribution >= 0.6 is 0 Å². The number of aryl methyl sites for hydroxylation is 1. The minimum Gasteiger partial charge on any atom is -0.478 e. The van der Waals surface area contributed by atoms with Gasteiger partial charge in [-0.3, -0.25) is 0 Å². The number of ether oxygens (including phenoxy) is 1. The van der Waals surface area contributed by atoms with Crippen molar-refractivity contribution >= 4 is 12.1 Å². The first kappa shape index (κ1) is 18.0. The molecule has 1 aliphatic rings. The Hall–Kier alpha value is -2.84. The molecule has 9 nitrogen and oxygen atoms in total. The lowest BCUT2D eigenvalue weighted by Crippen LogP contribution is -2.36. The van der Waals surface area contributed by atoms with E-state index in [1.165, 1.54) is 17.4 Å². The van der Waals surface area contributed by atoms with Crippen molar-refractivity contribution in [1.82, 2.24) is 20.3 Å². The number of rotatable bonds is 6. The van der Waals surface area contributed by atoms with E-state index in [1.807, 2.05) is 0 Å². The molecule has 140 valence electrons. The van der Waals surface area contributed by atoms with Crippen LogP contribution in [0.1, 0.15) is 59.5 Å². The summed E-state index contributed by atoms with van der Waals surface area (Å²) in [5.41, 5.74) is 1.16. The van der Waals surface area contributed by atoms with E-state index in [9.17, 15) is 14.7 Å². The third-order valence-corrected chi connectivity index (χ3v) is 4.43. The van der Waals surface area contributed by atoms with Gasteiger partial charge in [-0.2, -0.15) is 0 Å². The van der Waals surface area contributed by atoms with Crippen molar-refractivity contribution in [3.05, 3.63) is 35.0 Å². The monoisotopic (exact) mass is 362 g/mol. The molecular weight excluding hydrogens is 340 g/mol. The van der Waals surface area contributed by atoms with Gasteiger partial charge in [-0.15, -0.1) is 5.10 Å². The molecule has 1 amide bonds. The van der Waals surface area contributed by atoms with Gasteiger partial charge < -0.3 is 19.6 Å². The minimum absolute atomic E-state index is 0.00151. The van der Waals surface area contributed by atoms with E-state index in [0.717, 1.165) is 25.7 Å². The van der Waals surface area contributed by atoms with Crippen LogP contribution in [0.2, 0.25) is 0 Å². The Labute approximate surface area is 150 Å². The summed E-state index contributed by atoms with van der Waals surface area (Å²) < 4.78 is 11.9. The Morgan fingerprint density at radius 1 is 1.38 bits per heavy atom. The fraction of sp³-hybridized carbons (Fsp3) is 0.529. The average Bonchev–Trinajstić information content (AvgIpc) is 3.21. The molecule has 3 rings (SSSR count). The lowest BCUT2D eigenvalue weighted by Gasteiger charge is -2.22. The van der Waals surface area contributed by atoms with Gasteiger partial charge in [-0.25, -0.2) is 14.3 Å². The minimum atomic E-state index is -1.05. The number of nitrogens with zero attached hydrogens (tertiary/aromatic N) is 3. The molecule has 0 aliphatic heterocycles. The van der Waals surface area contributed by atoms with Crippen molar-refractivity contribution in [3.63, 3.8) is 0 Å². The highest BCUT2D eigenvalue weighted by Crippen LogP contribution is 2.18. The number of nitrogens with one attached hydrogen (secondary N) is 1. The highest BCUT2D eigenvalue weighted by atomic mass is 16.5. The second-order valence-corrected chi connectivity index (χ2v) is 6.48. The van der Waals surface area contributed by atoms with Crippen LogP contribution in [-0.4, -0.2) is 38.2 Å². The molecule has 1 aliphatic carbocycles. The Morgan fingerprint density at radius 2 is 2.15 bits per heavy atom. The zero-order valence-corrected chi connectivity index (χ0v) is 14.6. The van der Waals surface area contributed by atoms with Gasteiger partial charge in [0, 0.05) is 11.6 Å². The zero-order chi connectivity index (χ0) is 18.5. The van der Waals surface area contributed by atoms with Gasteiger partial charge in [-0.1, -0.05) is 24.5 Å². The molecule has 0 saturated heterocycles. The van der Waals surface area contributed by atoms with Crippen LogP contribution in [0.15, 0.2) is 16.9 Å². The maximum Gasteiger partial charge on any atom is 0.407 e. The van der Waals surface area contributed by atoms with Gasteiger partial charge in [0.15, 0.2) is 0 Å². The molecule has 0 radical (unpaired) electrons. The molecule has 26 heavy (non-hydrogen) atoms. The van der Waals surface area contributed by atoms with E-state index in [-0.39, 0.29) is 24.8 Å². The number of aromatic nitrogens is 3. The van der Waals surface area contributed by atoms with Gasteiger partial charge in [0.05, 0.1) is 12.5 Å². The molecule has 9 heteroatoms. The van der Waals surface area contributed by atoms with Gasteiger partial charge in [0.25, 0.3) is 0 Å². The van der Waals surface area contributed by atoms with E-state index < -0.39 is 12.1 Å². The fourth-order valence-electron chi connectivity index (χ4n) is 3.13. The van der Waals surface area contributed by atoms with Crippen LogP contribution in [-0.2, 0) is 17.9 Å². The molecule has 2 aromatic rings. The molecule has 0 unspecified atom stereocenters. The van der Waals surface area contributed by atoms with Crippen molar-refractivity contribution in [2.75, 3.05) is 0 Å². The van der Waals surface area contributed by atoms with Crippen molar-refractivity contribution < 1.29 is 23.8 Å². The van der Waals surface area contributed by atoms with Crippen molar-refractivity contribution in [1.29, 1.82) is 0 Å². The van der Waals surface area contributed by atoms with Crippen molar-refractivity contribution in [2.45, 2.75) is 58.2 Å². The number of carbonyl (C=O) groups excluding carboxylic acids is 1. The number of carboxylic acids is 1. The molecule has 1 saturated carbocycles. The maximum atomic E-state index is 11.8. The number of amides is 1. The van der Waals surface area contributed by atoms with E-state index in [1.54, 1.807) is 13.1 Å². The maximum absolute atomic E-state index is 11.8. The number of hydrogen-bond acceptors (Lipinski definition) is 6.